The molecule has 2 aliphatic carbocycles. The van der Waals surface area contributed by atoms with Gasteiger partial charge in [0.05, 0.1) is 6.10 Å². The molecule has 0 bridgehead atoms. The molecule has 0 aromatic carbocycles. The lowest BCUT2D eigenvalue weighted by Gasteiger charge is -2.32. The largest absolute Gasteiger partial charge is 0.480 e. The molecule has 21 heavy (non-hydrogen) atoms. The number of hydrogen-bond donors (Lipinski definition) is 2. The van der Waals surface area contributed by atoms with Crippen molar-refractivity contribution in [3.05, 3.63) is 0 Å². The number of aliphatic carboxylic acids is 1. The van der Waals surface area contributed by atoms with Crippen LogP contribution in [0.2, 0.25) is 0 Å². The number of nitrogens with zero attached hydrogens (tertiary/aromatic N) is 2. The van der Waals surface area contributed by atoms with Crippen LogP contribution in [-0.2, 0) is 4.79 Å². The molecule has 3 rings (SSSR count). The Morgan fingerprint density at radius 1 is 1.10 bits per heavy atom. The summed E-state index contributed by atoms with van der Waals surface area (Å²) in [4.78, 5) is 27.1. The Labute approximate surface area is 124 Å². The van der Waals surface area contributed by atoms with Crippen LogP contribution in [0.4, 0.5) is 4.79 Å². The lowest BCUT2D eigenvalue weighted by molar-refractivity contribution is -0.138. The Balaban J connectivity index is 1.67. The number of likely N-dealkylation sites (tertiary alicyclic amines) is 1. The first-order valence-electron chi connectivity index (χ1n) is 8.01. The van der Waals surface area contributed by atoms with Gasteiger partial charge in [0.25, 0.3) is 0 Å². The summed E-state index contributed by atoms with van der Waals surface area (Å²) in [5, 5.41) is 19.0. The minimum absolute atomic E-state index is 0.0685. The Bertz CT molecular complexity index is 422. The number of urea groups is 1. The number of amides is 2. The molecule has 0 aromatic rings. The smallest absolute Gasteiger partial charge is 0.323 e. The average Bonchev–Trinajstić information content (AvgIpc) is 3.14. The number of carbonyl (C=O) groups excluding carboxylic acids is 1. The lowest BCUT2D eigenvalue weighted by atomic mass is 10.00. The molecule has 118 valence electrons. The van der Waals surface area contributed by atoms with Crippen molar-refractivity contribution in [1.82, 2.24) is 9.80 Å². The zero-order valence-electron chi connectivity index (χ0n) is 12.3. The van der Waals surface area contributed by atoms with Crippen LogP contribution < -0.4 is 0 Å². The first-order chi connectivity index (χ1) is 10.1. The first kappa shape index (κ1) is 14.6. The number of aliphatic hydroxyl groups excluding tert-OH is 1. The summed E-state index contributed by atoms with van der Waals surface area (Å²) in [5.41, 5.74) is 0. The maximum atomic E-state index is 12.7. The van der Waals surface area contributed by atoms with Gasteiger partial charge >= 0.3 is 12.0 Å². The molecule has 3 aliphatic rings. The number of aliphatic hydroxyl groups is 1. The summed E-state index contributed by atoms with van der Waals surface area (Å²) in [6, 6.07) is -0.0788. The summed E-state index contributed by atoms with van der Waals surface area (Å²) >= 11 is 0. The van der Waals surface area contributed by atoms with Gasteiger partial charge < -0.3 is 20.0 Å². The molecular weight excluding hydrogens is 272 g/mol. The van der Waals surface area contributed by atoms with Gasteiger partial charge in [0.1, 0.15) is 6.54 Å². The van der Waals surface area contributed by atoms with E-state index in [9.17, 15) is 14.7 Å². The standard InChI is InChI=1S/C15H24N2O4/c18-13-6-5-10-7-16(8-12(10)13)15(21)17(9-14(19)20)11-3-1-2-4-11/h10-13,18H,1-9H2,(H,19,20). The van der Waals surface area contributed by atoms with E-state index in [-0.39, 0.29) is 30.6 Å². The van der Waals surface area contributed by atoms with E-state index in [4.69, 9.17) is 5.11 Å². The Kier molecular flexibility index (Phi) is 4.06. The average molecular weight is 296 g/mol. The van der Waals surface area contributed by atoms with Crippen LogP contribution in [0.3, 0.4) is 0 Å². The molecule has 2 saturated carbocycles. The highest BCUT2D eigenvalue weighted by molar-refractivity contribution is 5.80. The fourth-order valence-corrected chi connectivity index (χ4v) is 4.29. The second-order valence-corrected chi connectivity index (χ2v) is 6.72. The minimum Gasteiger partial charge on any atom is -0.480 e. The van der Waals surface area contributed by atoms with E-state index in [0.29, 0.717) is 19.0 Å². The van der Waals surface area contributed by atoms with Crippen molar-refractivity contribution >= 4 is 12.0 Å². The van der Waals surface area contributed by atoms with Crippen LogP contribution in [0.5, 0.6) is 0 Å². The summed E-state index contributed by atoms with van der Waals surface area (Å²) in [6.45, 7) is 1.04. The third-order valence-corrected chi connectivity index (χ3v) is 5.41. The Morgan fingerprint density at radius 3 is 2.43 bits per heavy atom. The molecule has 3 unspecified atom stereocenters. The number of carboxylic acid groups (broad SMARTS) is 1. The van der Waals surface area contributed by atoms with Crippen LogP contribution in [0, 0.1) is 11.8 Å². The number of fused-ring (bicyclic) bond motifs is 1. The number of rotatable bonds is 3. The summed E-state index contributed by atoms with van der Waals surface area (Å²) in [7, 11) is 0. The zero-order valence-corrected chi connectivity index (χ0v) is 12.3. The summed E-state index contributed by atoms with van der Waals surface area (Å²) < 4.78 is 0. The van der Waals surface area contributed by atoms with Gasteiger partial charge in [0, 0.05) is 25.0 Å². The predicted octanol–water partition coefficient (Wildman–Crippen LogP) is 1.14. The van der Waals surface area contributed by atoms with Gasteiger partial charge in [-0.1, -0.05) is 12.8 Å². The minimum atomic E-state index is -0.949. The van der Waals surface area contributed by atoms with E-state index in [2.05, 4.69) is 0 Å². The quantitative estimate of drug-likeness (QED) is 0.818. The van der Waals surface area contributed by atoms with Crippen LogP contribution in [0.1, 0.15) is 38.5 Å². The van der Waals surface area contributed by atoms with Crippen LogP contribution in [0.25, 0.3) is 0 Å². The van der Waals surface area contributed by atoms with Gasteiger partial charge in [-0.2, -0.15) is 0 Å². The normalized spacial score (nSPS) is 32.4. The van der Waals surface area contributed by atoms with Crippen molar-refractivity contribution in [3.8, 4) is 0 Å². The number of carboxylic acids is 1. The molecule has 0 spiro atoms. The lowest BCUT2D eigenvalue weighted by Crippen LogP contribution is -2.49. The van der Waals surface area contributed by atoms with Gasteiger partial charge in [0.2, 0.25) is 0 Å². The van der Waals surface area contributed by atoms with Crippen LogP contribution >= 0.6 is 0 Å². The van der Waals surface area contributed by atoms with Crippen molar-refractivity contribution in [3.63, 3.8) is 0 Å². The van der Waals surface area contributed by atoms with Crippen molar-refractivity contribution in [2.75, 3.05) is 19.6 Å². The van der Waals surface area contributed by atoms with Crippen molar-refractivity contribution < 1.29 is 19.8 Å². The number of carbonyl (C=O) groups is 2. The van der Waals surface area contributed by atoms with Gasteiger partial charge in [0.15, 0.2) is 0 Å². The first-order valence-corrected chi connectivity index (χ1v) is 8.01. The Morgan fingerprint density at radius 2 is 1.81 bits per heavy atom. The zero-order chi connectivity index (χ0) is 15.0. The topological polar surface area (TPSA) is 81.1 Å². The molecule has 1 heterocycles. The molecule has 1 saturated heterocycles. The van der Waals surface area contributed by atoms with Crippen molar-refractivity contribution in [2.45, 2.75) is 50.7 Å². The molecule has 6 heteroatoms. The van der Waals surface area contributed by atoms with Gasteiger partial charge in [-0.05, 0) is 31.6 Å². The molecular formula is C15H24N2O4. The third kappa shape index (κ3) is 2.86. The third-order valence-electron chi connectivity index (χ3n) is 5.41. The molecule has 0 radical (unpaired) electrons. The maximum absolute atomic E-state index is 12.7. The molecule has 3 fully saturated rings. The predicted molar refractivity (Wildman–Crippen MR) is 75.8 cm³/mol. The van der Waals surface area contributed by atoms with E-state index in [1.807, 2.05) is 0 Å². The van der Waals surface area contributed by atoms with E-state index in [0.717, 1.165) is 38.5 Å². The summed E-state index contributed by atoms with van der Waals surface area (Å²) in [6.07, 6.45) is 5.45. The highest BCUT2D eigenvalue weighted by Crippen LogP contribution is 2.38. The highest BCUT2D eigenvalue weighted by atomic mass is 16.4. The second-order valence-electron chi connectivity index (χ2n) is 6.72. The monoisotopic (exact) mass is 296 g/mol. The second kappa shape index (κ2) is 5.83. The molecule has 2 amide bonds. The van der Waals surface area contributed by atoms with Crippen molar-refractivity contribution in [1.29, 1.82) is 0 Å². The molecule has 2 N–H and O–H groups in total. The molecule has 1 aliphatic heterocycles. The Hall–Kier alpha value is -1.30. The molecule has 6 nitrogen and oxygen atoms in total. The van der Waals surface area contributed by atoms with Gasteiger partial charge in [-0.15, -0.1) is 0 Å². The summed E-state index contributed by atoms with van der Waals surface area (Å²) in [5.74, 6) is -0.377. The fourth-order valence-electron chi connectivity index (χ4n) is 4.29. The van der Waals surface area contributed by atoms with E-state index < -0.39 is 5.97 Å². The van der Waals surface area contributed by atoms with Gasteiger partial charge in [-0.3, -0.25) is 4.79 Å². The highest BCUT2D eigenvalue weighted by Gasteiger charge is 2.45. The molecule has 3 atom stereocenters. The van der Waals surface area contributed by atoms with Gasteiger partial charge in [-0.25, -0.2) is 4.79 Å². The number of hydrogen-bond acceptors (Lipinski definition) is 3. The molecule has 0 aromatic heterocycles. The fraction of sp³-hybridized carbons (Fsp3) is 0.867. The van der Waals surface area contributed by atoms with E-state index >= 15 is 0 Å². The maximum Gasteiger partial charge on any atom is 0.323 e. The van der Waals surface area contributed by atoms with Crippen LogP contribution in [-0.4, -0.2) is 63.8 Å². The van der Waals surface area contributed by atoms with E-state index in [1.165, 1.54) is 0 Å². The SMILES string of the molecule is O=C(O)CN(C(=O)N1CC2CCC(O)C2C1)C1CCCC1. The van der Waals surface area contributed by atoms with E-state index in [1.54, 1.807) is 9.80 Å². The van der Waals surface area contributed by atoms with Crippen molar-refractivity contribution in [2.24, 2.45) is 11.8 Å². The van der Waals surface area contributed by atoms with Crippen LogP contribution in [0.15, 0.2) is 0 Å².